The van der Waals surface area contributed by atoms with Crippen LogP contribution in [0.5, 0.6) is 5.88 Å². The molecule has 128 valence electrons. The molecule has 7 nitrogen and oxygen atoms in total. The van der Waals surface area contributed by atoms with Crippen LogP contribution in [0.4, 0.5) is 0 Å². The molecule has 24 heavy (non-hydrogen) atoms. The fourth-order valence-electron chi connectivity index (χ4n) is 2.82. The third kappa shape index (κ3) is 3.39. The summed E-state index contributed by atoms with van der Waals surface area (Å²) in [7, 11) is 0. The van der Waals surface area contributed by atoms with Crippen molar-refractivity contribution in [3.8, 4) is 5.88 Å². The number of hydrogen-bond acceptors (Lipinski definition) is 5. The lowest BCUT2D eigenvalue weighted by molar-refractivity contribution is -0.131. The molecule has 0 N–H and O–H groups in total. The average Bonchev–Trinajstić information content (AvgIpc) is 3.04. The topological polar surface area (TPSA) is 73.1 Å². The van der Waals surface area contributed by atoms with E-state index in [1.54, 1.807) is 0 Å². The second kappa shape index (κ2) is 6.98. The van der Waals surface area contributed by atoms with E-state index in [4.69, 9.17) is 4.74 Å². The Kier molecular flexibility index (Phi) is 4.78. The average molecular weight is 329 g/mol. The fraction of sp³-hybridized carbons (Fsp3) is 0.529. The van der Waals surface area contributed by atoms with Crippen molar-refractivity contribution in [3.05, 3.63) is 35.5 Å². The summed E-state index contributed by atoms with van der Waals surface area (Å²) in [5, 5.41) is 4.46. The van der Waals surface area contributed by atoms with Crippen molar-refractivity contribution in [1.29, 1.82) is 0 Å². The van der Waals surface area contributed by atoms with Gasteiger partial charge in [-0.2, -0.15) is 5.10 Å². The van der Waals surface area contributed by atoms with Gasteiger partial charge < -0.3 is 9.64 Å². The summed E-state index contributed by atoms with van der Waals surface area (Å²) in [5.41, 5.74) is 2.70. The Labute approximate surface area is 141 Å². The molecule has 0 atom stereocenters. The number of fused-ring (bicyclic) bond motifs is 1. The lowest BCUT2D eigenvalue weighted by atomic mass is 10.1. The van der Waals surface area contributed by atoms with Gasteiger partial charge in [-0.1, -0.05) is 0 Å². The van der Waals surface area contributed by atoms with Gasteiger partial charge in [-0.25, -0.2) is 9.97 Å². The second-order valence-corrected chi connectivity index (χ2v) is 6.16. The quantitative estimate of drug-likeness (QED) is 0.836. The SMILES string of the molecule is CCOc1ncnc2c1CN(C(=O)Cc1ccn(C(C)C)n1)CC2. The van der Waals surface area contributed by atoms with Crippen LogP contribution in [0, 0.1) is 0 Å². The van der Waals surface area contributed by atoms with E-state index in [1.165, 1.54) is 6.33 Å². The zero-order valence-electron chi connectivity index (χ0n) is 14.4. The number of ether oxygens (including phenoxy) is 1. The molecule has 1 aliphatic rings. The first-order valence-corrected chi connectivity index (χ1v) is 8.35. The highest BCUT2D eigenvalue weighted by molar-refractivity contribution is 5.78. The lowest BCUT2D eigenvalue weighted by Gasteiger charge is -2.28. The first-order chi connectivity index (χ1) is 11.6. The molecular formula is C17H23N5O2. The first kappa shape index (κ1) is 16.4. The van der Waals surface area contributed by atoms with Crippen LogP contribution in [0.2, 0.25) is 0 Å². The summed E-state index contributed by atoms with van der Waals surface area (Å²) in [6.45, 7) is 7.76. The van der Waals surface area contributed by atoms with Crippen LogP contribution >= 0.6 is 0 Å². The van der Waals surface area contributed by atoms with E-state index in [2.05, 4.69) is 28.9 Å². The van der Waals surface area contributed by atoms with Crippen LogP contribution in [0.3, 0.4) is 0 Å². The molecule has 0 saturated carbocycles. The number of nitrogens with zero attached hydrogens (tertiary/aromatic N) is 5. The minimum absolute atomic E-state index is 0.0703. The Morgan fingerprint density at radius 1 is 1.38 bits per heavy atom. The molecule has 0 fully saturated rings. The summed E-state index contributed by atoms with van der Waals surface area (Å²) in [4.78, 5) is 23.0. The maximum atomic E-state index is 12.6. The van der Waals surface area contributed by atoms with E-state index in [9.17, 15) is 4.79 Å². The molecule has 0 radical (unpaired) electrons. The van der Waals surface area contributed by atoms with Crippen LogP contribution < -0.4 is 4.74 Å². The molecule has 2 aromatic rings. The van der Waals surface area contributed by atoms with Gasteiger partial charge in [0, 0.05) is 25.2 Å². The third-order valence-corrected chi connectivity index (χ3v) is 4.12. The Bertz CT molecular complexity index is 726. The van der Waals surface area contributed by atoms with Gasteiger partial charge in [0.1, 0.15) is 6.33 Å². The van der Waals surface area contributed by atoms with Gasteiger partial charge in [-0.05, 0) is 26.8 Å². The van der Waals surface area contributed by atoms with Gasteiger partial charge in [-0.3, -0.25) is 9.48 Å². The minimum Gasteiger partial charge on any atom is -0.478 e. The maximum absolute atomic E-state index is 12.6. The molecule has 1 aliphatic heterocycles. The van der Waals surface area contributed by atoms with E-state index >= 15 is 0 Å². The zero-order chi connectivity index (χ0) is 17.1. The van der Waals surface area contributed by atoms with Crippen molar-refractivity contribution >= 4 is 5.91 Å². The van der Waals surface area contributed by atoms with Crippen LogP contribution in [0.25, 0.3) is 0 Å². The Morgan fingerprint density at radius 2 is 2.21 bits per heavy atom. The number of carbonyl (C=O) groups excluding carboxylic acids is 1. The normalized spacial score (nSPS) is 13.9. The molecule has 0 unspecified atom stereocenters. The highest BCUT2D eigenvalue weighted by Crippen LogP contribution is 2.25. The van der Waals surface area contributed by atoms with Gasteiger partial charge in [0.05, 0.1) is 36.5 Å². The zero-order valence-corrected chi connectivity index (χ0v) is 14.4. The Morgan fingerprint density at radius 3 is 2.92 bits per heavy atom. The molecule has 0 aromatic carbocycles. The highest BCUT2D eigenvalue weighted by atomic mass is 16.5. The van der Waals surface area contributed by atoms with E-state index in [1.807, 2.05) is 28.8 Å². The Balaban J connectivity index is 1.71. The van der Waals surface area contributed by atoms with E-state index < -0.39 is 0 Å². The Hall–Kier alpha value is -2.44. The number of aromatic nitrogens is 4. The van der Waals surface area contributed by atoms with E-state index in [0.717, 1.165) is 23.4 Å². The molecule has 0 bridgehead atoms. The van der Waals surface area contributed by atoms with Crippen molar-refractivity contribution in [1.82, 2.24) is 24.6 Å². The maximum Gasteiger partial charge on any atom is 0.228 e. The predicted octanol–water partition coefficient (Wildman–Crippen LogP) is 1.78. The molecule has 7 heteroatoms. The summed E-state index contributed by atoms with van der Waals surface area (Å²) in [5.74, 6) is 0.657. The molecule has 0 spiro atoms. The van der Waals surface area contributed by atoms with Crippen LogP contribution in [0.15, 0.2) is 18.6 Å². The second-order valence-electron chi connectivity index (χ2n) is 6.16. The first-order valence-electron chi connectivity index (χ1n) is 8.35. The lowest BCUT2D eigenvalue weighted by Crippen LogP contribution is -2.37. The molecule has 2 aromatic heterocycles. The number of amides is 1. The summed E-state index contributed by atoms with van der Waals surface area (Å²) in [6, 6.07) is 2.20. The number of carbonyl (C=O) groups is 1. The van der Waals surface area contributed by atoms with Gasteiger partial charge in [0.2, 0.25) is 11.8 Å². The van der Waals surface area contributed by atoms with Crippen LogP contribution in [-0.4, -0.2) is 43.7 Å². The number of rotatable bonds is 5. The number of hydrogen-bond donors (Lipinski definition) is 0. The van der Waals surface area contributed by atoms with Crippen molar-refractivity contribution in [2.75, 3.05) is 13.2 Å². The van der Waals surface area contributed by atoms with Crippen molar-refractivity contribution in [2.24, 2.45) is 0 Å². The van der Waals surface area contributed by atoms with E-state index in [0.29, 0.717) is 38.0 Å². The third-order valence-electron chi connectivity index (χ3n) is 4.12. The smallest absolute Gasteiger partial charge is 0.228 e. The van der Waals surface area contributed by atoms with Crippen LogP contribution in [-0.2, 0) is 24.2 Å². The summed E-state index contributed by atoms with van der Waals surface area (Å²) < 4.78 is 7.45. The molecule has 0 saturated heterocycles. The monoisotopic (exact) mass is 329 g/mol. The van der Waals surface area contributed by atoms with E-state index in [-0.39, 0.29) is 5.91 Å². The molecule has 3 rings (SSSR count). The molecule has 0 aliphatic carbocycles. The van der Waals surface area contributed by atoms with Gasteiger partial charge in [0.15, 0.2) is 0 Å². The van der Waals surface area contributed by atoms with Crippen LogP contribution in [0.1, 0.15) is 43.8 Å². The largest absolute Gasteiger partial charge is 0.478 e. The standard InChI is InChI=1S/C17H23N5O2/c1-4-24-17-14-10-21(7-6-15(14)18-11-19-17)16(23)9-13-5-8-22(20-13)12(2)3/h5,8,11-12H,4,6-7,9-10H2,1-3H3. The van der Waals surface area contributed by atoms with Crippen molar-refractivity contribution < 1.29 is 9.53 Å². The van der Waals surface area contributed by atoms with Gasteiger partial charge in [-0.15, -0.1) is 0 Å². The predicted molar refractivity (Wildman–Crippen MR) is 88.6 cm³/mol. The molecule has 1 amide bonds. The van der Waals surface area contributed by atoms with Crippen molar-refractivity contribution in [3.63, 3.8) is 0 Å². The minimum atomic E-state index is 0.0703. The summed E-state index contributed by atoms with van der Waals surface area (Å²) in [6.07, 6.45) is 4.48. The summed E-state index contributed by atoms with van der Waals surface area (Å²) >= 11 is 0. The van der Waals surface area contributed by atoms with Crippen molar-refractivity contribution in [2.45, 2.75) is 46.2 Å². The molecular weight excluding hydrogens is 306 g/mol. The molecule has 3 heterocycles. The van der Waals surface area contributed by atoms with Gasteiger partial charge in [0.25, 0.3) is 0 Å². The fourth-order valence-corrected chi connectivity index (χ4v) is 2.82. The highest BCUT2D eigenvalue weighted by Gasteiger charge is 2.25. The van der Waals surface area contributed by atoms with Gasteiger partial charge >= 0.3 is 0 Å².